The van der Waals surface area contributed by atoms with Crippen LogP contribution in [-0.4, -0.2) is 34.4 Å². The van der Waals surface area contributed by atoms with Crippen LogP contribution in [0.2, 0.25) is 0 Å². The second kappa shape index (κ2) is 12.0. The van der Waals surface area contributed by atoms with Crippen LogP contribution < -0.4 is 0 Å². The van der Waals surface area contributed by atoms with Crippen molar-refractivity contribution in [3.8, 4) is 5.75 Å². The minimum Gasteiger partial charge on any atom is -0.504 e. The summed E-state index contributed by atoms with van der Waals surface area (Å²) in [5.41, 5.74) is 0.585. The first-order valence-electron chi connectivity index (χ1n) is 8.69. The number of unbranched alkanes of at least 4 members (excludes halogenated alkanes) is 6. The topological polar surface area (TPSA) is 48.7 Å². The lowest BCUT2D eigenvalue weighted by molar-refractivity contribution is 0.396. The van der Waals surface area contributed by atoms with Crippen molar-refractivity contribution in [3.63, 3.8) is 0 Å². The Morgan fingerprint density at radius 3 is 2.23 bits per heavy atom. The Labute approximate surface area is 135 Å². The van der Waals surface area contributed by atoms with Crippen LogP contribution in [0.4, 0.5) is 5.69 Å². The lowest BCUT2D eigenvalue weighted by atomic mass is 10.2. The Morgan fingerprint density at radius 2 is 1.68 bits per heavy atom. The molecule has 0 atom stereocenters. The van der Waals surface area contributed by atoms with E-state index in [1.54, 1.807) is 12.3 Å². The van der Waals surface area contributed by atoms with Gasteiger partial charge in [0, 0.05) is 19.3 Å². The van der Waals surface area contributed by atoms with Gasteiger partial charge in [0.15, 0.2) is 5.75 Å². The third kappa shape index (κ3) is 8.01. The second-order valence-corrected chi connectivity index (χ2v) is 5.77. The molecule has 0 radical (unpaired) electrons. The Morgan fingerprint density at radius 1 is 1.05 bits per heavy atom. The maximum Gasteiger partial charge on any atom is 0.159 e. The van der Waals surface area contributed by atoms with E-state index in [9.17, 15) is 5.11 Å². The summed E-state index contributed by atoms with van der Waals surface area (Å²) in [6.45, 7) is 6.55. The SMILES string of the molecule is CCCCCCN(C=Nc1ccncc1O)CCCCCC. The molecule has 0 saturated heterocycles. The monoisotopic (exact) mass is 305 g/mol. The van der Waals surface area contributed by atoms with E-state index in [1.807, 2.05) is 6.34 Å². The number of rotatable bonds is 12. The van der Waals surface area contributed by atoms with E-state index in [-0.39, 0.29) is 5.75 Å². The summed E-state index contributed by atoms with van der Waals surface area (Å²) in [6.07, 6.45) is 15.0. The van der Waals surface area contributed by atoms with E-state index in [1.165, 1.54) is 57.6 Å². The third-order valence-electron chi connectivity index (χ3n) is 3.74. The first kappa shape index (κ1) is 18.5. The molecular formula is C18H31N3O. The zero-order chi connectivity index (χ0) is 16.0. The molecular weight excluding hydrogens is 274 g/mol. The quantitative estimate of drug-likeness (QED) is 0.339. The minimum atomic E-state index is 0.135. The summed E-state index contributed by atoms with van der Waals surface area (Å²) < 4.78 is 0. The zero-order valence-corrected chi connectivity index (χ0v) is 14.2. The average molecular weight is 305 g/mol. The summed E-state index contributed by atoms with van der Waals surface area (Å²) >= 11 is 0. The van der Waals surface area contributed by atoms with Gasteiger partial charge in [-0.3, -0.25) is 4.98 Å². The average Bonchev–Trinajstić information content (AvgIpc) is 2.53. The zero-order valence-electron chi connectivity index (χ0n) is 14.2. The highest BCUT2D eigenvalue weighted by Gasteiger charge is 2.02. The molecule has 0 spiro atoms. The van der Waals surface area contributed by atoms with Gasteiger partial charge in [0.1, 0.15) is 5.69 Å². The molecule has 1 heterocycles. The Kier molecular flexibility index (Phi) is 10.1. The Balaban J connectivity index is 2.49. The molecule has 22 heavy (non-hydrogen) atoms. The molecule has 4 heteroatoms. The molecule has 0 fully saturated rings. The predicted octanol–water partition coefficient (Wildman–Crippen LogP) is 4.91. The molecule has 0 unspecified atom stereocenters. The summed E-state index contributed by atoms with van der Waals surface area (Å²) in [5.74, 6) is 0.135. The lowest BCUT2D eigenvalue weighted by Crippen LogP contribution is -2.24. The summed E-state index contributed by atoms with van der Waals surface area (Å²) in [4.78, 5) is 10.6. The van der Waals surface area contributed by atoms with Gasteiger partial charge in [-0.05, 0) is 18.9 Å². The Bertz CT molecular complexity index is 409. The number of aromatic nitrogens is 1. The van der Waals surface area contributed by atoms with Gasteiger partial charge < -0.3 is 10.0 Å². The van der Waals surface area contributed by atoms with Crippen LogP contribution in [0.5, 0.6) is 5.75 Å². The van der Waals surface area contributed by atoms with E-state index in [0.29, 0.717) is 5.69 Å². The second-order valence-electron chi connectivity index (χ2n) is 5.77. The largest absolute Gasteiger partial charge is 0.504 e. The van der Waals surface area contributed by atoms with Gasteiger partial charge in [-0.1, -0.05) is 52.4 Å². The van der Waals surface area contributed by atoms with Crippen molar-refractivity contribution in [3.05, 3.63) is 18.5 Å². The number of hydrogen-bond donors (Lipinski definition) is 1. The lowest BCUT2D eigenvalue weighted by Gasteiger charge is -2.19. The van der Waals surface area contributed by atoms with Crippen LogP contribution >= 0.6 is 0 Å². The number of hydrogen-bond acceptors (Lipinski definition) is 3. The highest BCUT2D eigenvalue weighted by Crippen LogP contribution is 2.23. The summed E-state index contributed by atoms with van der Waals surface area (Å²) in [5, 5.41) is 9.72. The fourth-order valence-electron chi connectivity index (χ4n) is 2.34. The summed E-state index contributed by atoms with van der Waals surface area (Å²) in [6, 6.07) is 1.73. The van der Waals surface area contributed by atoms with Crippen molar-refractivity contribution >= 4 is 12.0 Å². The molecule has 0 saturated carbocycles. The molecule has 1 N–H and O–H groups in total. The fourth-order valence-corrected chi connectivity index (χ4v) is 2.34. The molecule has 124 valence electrons. The summed E-state index contributed by atoms with van der Waals surface area (Å²) in [7, 11) is 0. The van der Waals surface area contributed by atoms with Gasteiger partial charge >= 0.3 is 0 Å². The molecule has 0 aliphatic carbocycles. The normalized spacial score (nSPS) is 11.2. The molecule has 4 nitrogen and oxygen atoms in total. The van der Waals surface area contributed by atoms with Crippen molar-refractivity contribution in [1.29, 1.82) is 0 Å². The van der Waals surface area contributed by atoms with Crippen molar-refractivity contribution in [1.82, 2.24) is 9.88 Å². The molecule has 1 rings (SSSR count). The van der Waals surface area contributed by atoms with Crippen molar-refractivity contribution in [2.75, 3.05) is 13.1 Å². The van der Waals surface area contributed by atoms with Gasteiger partial charge in [-0.2, -0.15) is 0 Å². The third-order valence-corrected chi connectivity index (χ3v) is 3.74. The number of aromatic hydroxyl groups is 1. The minimum absolute atomic E-state index is 0.135. The van der Waals surface area contributed by atoms with E-state index in [2.05, 4.69) is 28.7 Å². The number of nitrogens with zero attached hydrogens (tertiary/aromatic N) is 3. The maximum atomic E-state index is 9.72. The predicted molar refractivity (Wildman–Crippen MR) is 93.9 cm³/mol. The number of pyridine rings is 1. The van der Waals surface area contributed by atoms with Crippen LogP contribution in [0, 0.1) is 0 Å². The highest BCUT2D eigenvalue weighted by molar-refractivity contribution is 5.64. The smallest absolute Gasteiger partial charge is 0.159 e. The first-order chi connectivity index (χ1) is 10.8. The maximum absolute atomic E-state index is 9.72. The van der Waals surface area contributed by atoms with Gasteiger partial charge in [-0.25, -0.2) is 4.99 Å². The van der Waals surface area contributed by atoms with Gasteiger partial charge in [0.25, 0.3) is 0 Å². The first-order valence-corrected chi connectivity index (χ1v) is 8.69. The van der Waals surface area contributed by atoms with Crippen molar-refractivity contribution < 1.29 is 5.11 Å². The van der Waals surface area contributed by atoms with Crippen molar-refractivity contribution in [2.45, 2.75) is 65.2 Å². The van der Waals surface area contributed by atoms with E-state index < -0.39 is 0 Å². The molecule has 0 aliphatic rings. The standard InChI is InChI=1S/C18H31N3O/c1-3-5-7-9-13-21(14-10-8-6-4-2)16-20-17-11-12-19-15-18(17)22/h11-12,15-16,22H,3-10,13-14H2,1-2H3. The van der Waals surface area contributed by atoms with Crippen LogP contribution in [0.3, 0.4) is 0 Å². The molecule has 0 amide bonds. The fraction of sp³-hybridized carbons (Fsp3) is 0.667. The molecule has 0 aliphatic heterocycles. The Hall–Kier alpha value is -1.58. The van der Waals surface area contributed by atoms with Crippen molar-refractivity contribution in [2.24, 2.45) is 4.99 Å². The van der Waals surface area contributed by atoms with E-state index in [0.717, 1.165) is 13.1 Å². The molecule has 1 aromatic rings. The highest BCUT2D eigenvalue weighted by atomic mass is 16.3. The van der Waals surface area contributed by atoms with Crippen LogP contribution in [0.1, 0.15) is 65.2 Å². The van der Waals surface area contributed by atoms with E-state index >= 15 is 0 Å². The molecule has 0 bridgehead atoms. The molecule has 0 aromatic carbocycles. The van der Waals surface area contributed by atoms with Crippen LogP contribution in [0.25, 0.3) is 0 Å². The van der Waals surface area contributed by atoms with E-state index in [4.69, 9.17) is 0 Å². The van der Waals surface area contributed by atoms with Gasteiger partial charge in [-0.15, -0.1) is 0 Å². The van der Waals surface area contributed by atoms with Gasteiger partial charge in [0.2, 0.25) is 0 Å². The van der Waals surface area contributed by atoms with Crippen LogP contribution in [0.15, 0.2) is 23.5 Å². The number of aliphatic imine (C=N–C) groups is 1. The van der Waals surface area contributed by atoms with Gasteiger partial charge in [0.05, 0.1) is 12.5 Å². The molecule has 1 aromatic heterocycles. The van der Waals surface area contributed by atoms with Crippen LogP contribution in [-0.2, 0) is 0 Å².